The van der Waals surface area contributed by atoms with Crippen molar-refractivity contribution < 1.29 is 14.6 Å². The Balaban J connectivity index is 2.26. The number of aliphatic hydroxyl groups excluding tert-OH is 1. The first-order valence-corrected chi connectivity index (χ1v) is 9.64. The highest BCUT2D eigenvalue weighted by atomic mass is 79.9. The van der Waals surface area contributed by atoms with Crippen LogP contribution in [0.4, 0.5) is 0 Å². The van der Waals surface area contributed by atoms with Crippen LogP contribution in [0.5, 0.6) is 5.75 Å². The first-order chi connectivity index (χ1) is 14.4. The van der Waals surface area contributed by atoms with Crippen molar-refractivity contribution in [1.29, 1.82) is 10.5 Å². The Kier molecular flexibility index (Phi) is 6.34. The number of methoxy groups -OCH3 is 1. The van der Waals surface area contributed by atoms with E-state index in [0.29, 0.717) is 33.3 Å². The Morgan fingerprint density at radius 1 is 1.33 bits per heavy atom. The number of hydrogen-bond acceptors (Lipinski definition) is 6. The molecule has 3 aromatic rings. The molecular formula is C22H17BrN4O3. The van der Waals surface area contributed by atoms with Gasteiger partial charge in [-0.1, -0.05) is 15.9 Å². The number of aliphatic hydroxyl groups is 1. The molecule has 1 aromatic heterocycles. The number of nitriles is 2. The predicted octanol–water partition coefficient (Wildman–Crippen LogP) is 3.31. The van der Waals surface area contributed by atoms with Gasteiger partial charge >= 0.3 is 0 Å². The minimum absolute atomic E-state index is 0.274. The van der Waals surface area contributed by atoms with Gasteiger partial charge in [0.05, 0.1) is 42.5 Å². The molecule has 2 aromatic carbocycles. The molecule has 0 saturated carbocycles. The molecule has 0 aliphatic carbocycles. The second-order valence-electron chi connectivity index (χ2n) is 6.44. The van der Waals surface area contributed by atoms with Crippen molar-refractivity contribution in [2.75, 3.05) is 13.7 Å². The number of carbonyl (C=O) groups excluding carboxylic acids is 1. The fourth-order valence-corrected chi connectivity index (χ4v) is 3.46. The number of benzene rings is 2. The third-order valence-electron chi connectivity index (χ3n) is 4.59. The zero-order valence-electron chi connectivity index (χ0n) is 16.0. The highest BCUT2D eigenvalue weighted by Gasteiger charge is 2.21. The number of halogens is 1. The minimum Gasteiger partial charge on any atom is -0.496 e. The molecule has 0 bridgehead atoms. The lowest BCUT2D eigenvalue weighted by Gasteiger charge is -2.08. The van der Waals surface area contributed by atoms with E-state index < -0.39 is 18.6 Å². The van der Waals surface area contributed by atoms with Crippen molar-refractivity contribution in [3.63, 3.8) is 0 Å². The van der Waals surface area contributed by atoms with Crippen molar-refractivity contribution in [3.8, 4) is 17.9 Å². The number of nitrogens with zero attached hydrogens (tertiary/aromatic N) is 3. The molecular weight excluding hydrogens is 448 g/mol. The first kappa shape index (κ1) is 21.3. The van der Waals surface area contributed by atoms with Crippen molar-refractivity contribution in [2.45, 2.75) is 6.04 Å². The average Bonchev–Trinajstić information content (AvgIpc) is 3.14. The van der Waals surface area contributed by atoms with Gasteiger partial charge in [-0.2, -0.15) is 10.5 Å². The molecule has 0 aliphatic rings. The molecule has 30 heavy (non-hydrogen) atoms. The number of hydrogen-bond donors (Lipinski definition) is 2. The van der Waals surface area contributed by atoms with Gasteiger partial charge < -0.3 is 15.6 Å². The van der Waals surface area contributed by atoms with E-state index in [0.717, 1.165) is 4.47 Å². The molecule has 1 heterocycles. The van der Waals surface area contributed by atoms with E-state index >= 15 is 0 Å². The standard InChI is InChI=1S/C22H17BrN4O3/c1-30-21-5-2-13(9-24)6-14(21)7-15(10-25)18-11-27(22(29)19(26)12-28)20-4-3-16(23)8-17(18)20/h2-8,11,19,28H,12,26H2,1H3/t19-/m0/s1. The van der Waals surface area contributed by atoms with Gasteiger partial charge in [0.15, 0.2) is 0 Å². The van der Waals surface area contributed by atoms with Gasteiger partial charge in [-0.3, -0.25) is 9.36 Å². The van der Waals surface area contributed by atoms with E-state index in [1.165, 1.54) is 17.9 Å². The molecule has 7 nitrogen and oxygen atoms in total. The second-order valence-corrected chi connectivity index (χ2v) is 7.36. The summed E-state index contributed by atoms with van der Waals surface area (Å²) >= 11 is 3.42. The molecule has 150 valence electrons. The summed E-state index contributed by atoms with van der Waals surface area (Å²) in [6.07, 6.45) is 3.14. The summed E-state index contributed by atoms with van der Waals surface area (Å²) in [6, 6.07) is 13.4. The predicted molar refractivity (Wildman–Crippen MR) is 117 cm³/mol. The maximum atomic E-state index is 12.6. The molecule has 1 atom stereocenters. The number of nitrogens with two attached hydrogens (primary N) is 1. The summed E-state index contributed by atoms with van der Waals surface area (Å²) in [5.74, 6) is 0.0162. The van der Waals surface area contributed by atoms with Crippen LogP contribution in [0, 0.1) is 22.7 Å². The van der Waals surface area contributed by atoms with Crippen LogP contribution in [0.2, 0.25) is 0 Å². The smallest absolute Gasteiger partial charge is 0.250 e. The van der Waals surface area contributed by atoms with Crippen LogP contribution >= 0.6 is 15.9 Å². The highest BCUT2D eigenvalue weighted by Crippen LogP contribution is 2.32. The minimum atomic E-state index is -1.08. The molecule has 3 rings (SSSR count). The summed E-state index contributed by atoms with van der Waals surface area (Å²) in [5, 5.41) is 29.0. The molecule has 0 saturated heterocycles. The normalized spacial score (nSPS) is 12.3. The van der Waals surface area contributed by atoms with Gasteiger partial charge in [-0.25, -0.2) is 0 Å². The third-order valence-corrected chi connectivity index (χ3v) is 5.08. The molecule has 0 radical (unpaired) electrons. The van der Waals surface area contributed by atoms with E-state index in [1.54, 1.807) is 42.5 Å². The monoisotopic (exact) mass is 464 g/mol. The van der Waals surface area contributed by atoms with Crippen molar-refractivity contribution in [3.05, 3.63) is 63.8 Å². The Morgan fingerprint density at radius 2 is 2.10 bits per heavy atom. The molecule has 0 spiro atoms. The number of fused-ring (bicyclic) bond motifs is 1. The van der Waals surface area contributed by atoms with Crippen molar-refractivity contribution in [1.82, 2.24) is 4.57 Å². The number of allylic oxidation sites excluding steroid dienone is 1. The average molecular weight is 465 g/mol. The lowest BCUT2D eigenvalue weighted by Crippen LogP contribution is -2.37. The highest BCUT2D eigenvalue weighted by molar-refractivity contribution is 9.10. The van der Waals surface area contributed by atoms with Crippen LogP contribution < -0.4 is 10.5 Å². The molecule has 8 heteroatoms. The molecule has 0 amide bonds. The maximum absolute atomic E-state index is 12.6. The van der Waals surface area contributed by atoms with Gasteiger partial charge in [-0.15, -0.1) is 0 Å². The summed E-state index contributed by atoms with van der Waals surface area (Å²) in [5.41, 5.74) is 8.05. The number of aromatic nitrogens is 1. The number of ether oxygens (including phenoxy) is 1. The largest absolute Gasteiger partial charge is 0.496 e. The van der Waals surface area contributed by atoms with Crippen LogP contribution in [0.3, 0.4) is 0 Å². The summed E-state index contributed by atoms with van der Waals surface area (Å²) in [6.45, 7) is -0.497. The van der Waals surface area contributed by atoms with Crippen molar-refractivity contribution in [2.24, 2.45) is 5.73 Å². The van der Waals surface area contributed by atoms with E-state index in [2.05, 4.69) is 28.1 Å². The lowest BCUT2D eigenvalue weighted by atomic mass is 10.0. The molecule has 3 N–H and O–H groups in total. The Morgan fingerprint density at radius 3 is 2.73 bits per heavy atom. The van der Waals surface area contributed by atoms with Crippen LogP contribution in [-0.4, -0.2) is 35.3 Å². The quantitative estimate of drug-likeness (QED) is 0.557. The van der Waals surface area contributed by atoms with Crippen LogP contribution in [0.25, 0.3) is 22.6 Å². The van der Waals surface area contributed by atoms with Crippen LogP contribution in [-0.2, 0) is 0 Å². The zero-order chi connectivity index (χ0) is 21.8. The topological polar surface area (TPSA) is 125 Å². The summed E-state index contributed by atoms with van der Waals surface area (Å²) in [7, 11) is 1.50. The van der Waals surface area contributed by atoms with Crippen molar-refractivity contribution >= 4 is 44.4 Å². The Hall–Kier alpha value is -3.43. The van der Waals surface area contributed by atoms with Gasteiger partial charge in [0.2, 0.25) is 5.91 Å². The molecule has 0 unspecified atom stereocenters. The SMILES string of the molecule is COc1ccc(C#N)cc1C=C(C#N)c1cn(C(=O)[C@@H](N)CO)c2ccc(Br)cc12. The van der Waals surface area contributed by atoms with E-state index in [4.69, 9.17) is 10.5 Å². The fraction of sp³-hybridized carbons (Fsp3) is 0.136. The fourth-order valence-electron chi connectivity index (χ4n) is 3.10. The summed E-state index contributed by atoms with van der Waals surface area (Å²) < 4.78 is 7.46. The van der Waals surface area contributed by atoms with E-state index in [9.17, 15) is 20.4 Å². The lowest BCUT2D eigenvalue weighted by molar-refractivity contribution is 0.0847. The zero-order valence-corrected chi connectivity index (χ0v) is 17.5. The van der Waals surface area contributed by atoms with Crippen LogP contribution in [0.15, 0.2) is 47.1 Å². The number of rotatable bonds is 5. The first-order valence-electron chi connectivity index (χ1n) is 8.85. The molecule has 0 fully saturated rings. The Bertz CT molecular complexity index is 1250. The van der Waals surface area contributed by atoms with E-state index in [1.807, 2.05) is 0 Å². The maximum Gasteiger partial charge on any atom is 0.250 e. The second kappa shape index (κ2) is 8.93. The number of carbonyl (C=O) groups is 1. The third kappa shape index (κ3) is 3.98. The van der Waals surface area contributed by atoms with Gasteiger partial charge in [0.25, 0.3) is 0 Å². The van der Waals surface area contributed by atoms with Crippen LogP contribution in [0.1, 0.15) is 21.5 Å². The van der Waals surface area contributed by atoms with Gasteiger partial charge in [0.1, 0.15) is 11.8 Å². The van der Waals surface area contributed by atoms with Gasteiger partial charge in [-0.05, 0) is 42.5 Å². The van der Waals surface area contributed by atoms with E-state index in [-0.39, 0.29) is 5.57 Å². The summed E-state index contributed by atoms with van der Waals surface area (Å²) in [4.78, 5) is 12.6. The van der Waals surface area contributed by atoms with Gasteiger partial charge in [0, 0.05) is 27.2 Å². The Labute approximate surface area is 181 Å². The molecule has 0 aliphatic heterocycles.